The summed E-state index contributed by atoms with van der Waals surface area (Å²) in [7, 11) is 0. The molecule has 0 radical (unpaired) electrons. The second-order valence-corrected chi connectivity index (χ2v) is 5.74. The predicted molar refractivity (Wildman–Crippen MR) is 81.5 cm³/mol. The Morgan fingerprint density at radius 2 is 2.09 bits per heavy atom. The smallest absolute Gasteiger partial charge is 0.254 e. The summed E-state index contributed by atoms with van der Waals surface area (Å²) in [6, 6.07) is 7.79. The summed E-state index contributed by atoms with van der Waals surface area (Å²) in [5.74, 6) is 0.0648. The van der Waals surface area contributed by atoms with Crippen LogP contribution in [0.25, 0.3) is 0 Å². The lowest BCUT2D eigenvalue weighted by molar-refractivity contribution is -0.0387. The van der Waals surface area contributed by atoms with Crippen LogP contribution in [0.15, 0.2) is 36.9 Å². The molecule has 22 heavy (non-hydrogen) atoms. The number of morpholine rings is 1. The Morgan fingerprint density at radius 1 is 1.32 bits per heavy atom. The molecule has 1 aromatic heterocycles. The predicted octanol–water partition coefficient (Wildman–Crippen LogP) is 1.58. The number of carbonyl (C=O) groups is 1. The quantitative estimate of drug-likeness (QED) is 0.863. The minimum atomic E-state index is 0.0648. The van der Waals surface area contributed by atoms with Gasteiger partial charge in [-0.1, -0.05) is 12.1 Å². The number of hydrogen-bond donors (Lipinski definition) is 0. The first kappa shape index (κ1) is 14.7. The summed E-state index contributed by atoms with van der Waals surface area (Å²) in [6.45, 7) is 5.90. The standard InChI is InChI=1S/C16H20N4O2/c1-12-9-22-13(2)7-20(12)16(21)15-5-3-14(4-6-15)8-19-11-17-10-18-19/h3-6,10-13H,7-9H2,1-2H3/t12-,13+/m0/s1. The van der Waals surface area contributed by atoms with Crippen LogP contribution in [0.1, 0.15) is 29.8 Å². The van der Waals surface area contributed by atoms with Crippen molar-refractivity contribution in [2.45, 2.75) is 32.5 Å². The molecule has 3 rings (SSSR count). The fraction of sp³-hybridized carbons (Fsp3) is 0.438. The zero-order valence-electron chi connectivity index (χ0n) is 12.8. The van der Waals surface area contributed by atoms with Gasteiger partial charge in [0.1, 0.15) is 12.7 Å². The molecule has 116 valence electrons. The molecule has 2 aromatic rings. The van der Waals surface area contributed by atoms with Gasteiger partial charge in [-0.15, -0.1) is 0 Å². The summed E-state index contributed by atoms with van der Waals surface area (Å²) in [5.41, 5.74) is 1.80. The van der Waals surface area contributed by atoms with Crippen molar-refractivity contribution in [3.63, 3.8) is 0 Å². The third-order valence-electron chi connectivity index (χ3n) is 3.88. The molecule has 0 saturated carbocycles. The van der Waals surface area contributed by atoms with E-state index in [0.29, 0.717) is 25.3 Å². The van der Waals surface area contributed by atoms with Gasteiger partial charge in [0.2, 0.25) is 0 Å². The molecular formula is C16H20N4O2. The number of nitrogens with zero attached hydrogens (tertiary/aromatic N) is 4. The number of benzene rings is 1. The van der Waals surface area contributed by atoms with Crippen molar-refractivity contribution in [3.8, 4) is 0 Å². The van der Waals surface area contributed by atoms with Crippen molar-refractivity contribution in [3.05, 3.63) is 48.0 Å². The molecule has 1 aromatic carbocycles. The summed E-state index contributed by atoms with van der Waals surface area (Å²) < 4.78 is 7.33. The Labute approximate surface area is 129 Å². The van der Waals surface area contributed by atoms with Gasteiger partial charge in [-0.3, -0.25) is 4.79 Å². The van der Waals surface area contributed by atoms with E-state index in [2.05, 4.69) is 10.1 Å². The largest absolute Gasteiger partial charge is 0.375 e. The van der Waals surface area contributed by atoms with Gasteiger partial charge >= 0.3 is 0 Å². The third-order valence-corrected chi connectivity index (χ3v) is 3.88. The molecule has 0 spiro atoms. The highest BCUT2D eigenvalue weighted by atomic mass is 16.5. The Morgan fingerprint density at radius 3 is 2.77 bits per heavy atom. The lowest BCUT2D eigenvalue weighted by Crippen LogP contribution is -2.50. The maximum atomic E-state index is 12.6. The van der Waals surface area contributed by atoms with Gasteiger partial charge in [0.25, 0.3) is 5.91 Å². The number of hydrogen-bond acceptors (Lipinski definition) is 4. The minimum Gasteiger partial charge on any atom is -0.375 e. The SMILES string of the molecule is C[C@@H]1CN(C(=O)c2ccc(Cn3cncn3)cc2)[C@@H](C)CO1. The van der Waals surface area contributed by atoms with Crippen LogP contribution in [0, 0.1) is 0 Å². The molecule has 2 atom stereocenters. The van der Waals surface area contributed by atoms with Gasteiger partial charge in [-0.2, -0.15) is 5.10 Å². The average molecular weight is 300 g/mol. The van der Waals surface area contributed by atoms with E-state index in [-0.39, 0.29) is 18.1 Å². The fourth-order valence-electron chi connectivity index (χ4n) is 2.61. The van der Waals surface area contributed by atoms with Crippen molar-refractivity contribution in [1.82, 2.24) is 19.7 Å². The Balaban J connectivity index is 1.70. The van der Waals surface area contributed by atoms with Gasteiger partial charge in [0, 0.05) is 12.1 Å². The van der Waals surface area contributed by atoms with E-state index in [1.807, 2.05) is 43.0 Å². The first-order valence-corrected chi connectivity index (χ1v) is 7.47. The normalized spacial score (nSPS) is 21.8. The first-order chi connectivity index (χ1) is 10.6. The molecule has 0 aliphatic carbocycles. The van der Waals surface area contributed by atoms with E-state index in [4.69, 9.17) is 4.74 Å². The van der Waals surface area contributed by atoms with E-state index in [1.165, 1.54) is 6.33 Å². The van der Waals surface area contributed by atoms with Crippen LogP contribution in [0.5, 0.6) is 0 Å². The molecule has 1 aliphatic heterocycles. The molecular weight excluding hydrogens is 280 g/mol. The maximum absolute atomic E-state index is 12.6. The topological polar surface area (TPSA) is 60.2 Å². The van der Waals surface area contributed by atoms with E-state index in [1.54, 1.807) is 11.0 Å². The highest BCUT2D eigenvalue weighted by Crippen LogP contribution is 2.16. The van der Waals surface area contributed by atoms with Crippen molar-refractivity contribution in [1.29, 1.82) is 0 Å². The number of carbonyl (C=O) groups excluding carboxylic acids is 1. The van der Waals surface area contributed by atoms with Gasteiger partial charge < -0.3 is 9.64 Å². The highest BCUT2D eigenvalue weighted by Gasteiger charge is 2.28. The third kappa shape index (κ3) is 3.17. The van der Waals surface area contributed by atoms with Crippen LogP contribution in [-0.4, -0.2) is 50.9 Å². The second kappa shape index (κ2) is 6.27. The van der Waals surface area contributed by atoms with Crippen molar-refractivity contribution in [2.24, 2.45) is 0 Å². The van der Waals surface area contributed by atoms with Crippen LogP contribution in [-0.2, 0) is 11.3 Å². The molecule has 1 aliphatic rings. The number of aromatic nitrogens is 3. The van der Waals surface area contributed by atoms with Crippen molar-refractivity contribution < 1.29 is 9.53 Å². The number of ether oxygens (including phenoxy) is 1. The Kier molecular flexibility index (Phi) is 4.20. The van der Waals surface area contributed by atoms with Crippen molar-refractivity contribution in [2.75, 3.05) is 13.2 Å². The van der Waals surface area contributed by atoms with E-state index in [9.17, 15) is 4.79 Å². The summed E-state index contributed by atoms with van der Waals surface area (Å²) >= 11 is 0. The van der Waals surface area contributed by atoms with E-state index in [0.717, 1.165) is 5.56 Å². The summed E-state index contributed by atoms with van der Waals surface area (Å²) in [4.78, 5) is 18.4. The molecule has 6 heteroatoms. The molecule has 6 nitrogen and oxygen atoms in total. The van der Waals surface area contributed by atoms with Crippen LogP contribution in [0.4, 0.5) is 0 Å². The molecule has 0 bridgehead atoms. The Hall–Kier alpha value is -2.21. The molecule has 0 N–H and O–H groups in total. The van der Waals surface area contributed by atoms with Gasteiger partial charge in [-0.05, 0) is 31.5 Å². The molecule has 2 heterocycles. The van der Waals surface area contributed by atoms with Crippen molar-refractivity contribution >= 4 is 5.91 Å². The maximum Gasteiger partial charge on any atom is 0.254 e. The second-order valence-electron chi connectivity index (χ2n) is 5.74. The molecule has 0 unspecified atom stereocenters. The highest BCUT2D eigenvalue weighted by molar-refractivity contribution is 5.94. The summed E-state index contributed by atoms with van der Waals surface area (Å²) in [6.07, 6.45) is 3.28. The zero-order chi connectivity index (χ0) is 15.5. The average Bonchev–Trinajstić information content (AvgIpc) is 3.03. The van der Waals surface area contributed by atoms with Gasteiger partial charge in [0.05, 0.1) is 25.3 Å². The zero-order valence-corrected chi connectivity index (χ0v) is 12.8. The monoisotopic (exact) mass is 300 g/mol. The fourth-order valence-corrected chi connectivity index (χ4v) is 2.61. The Bertz CT molecular complexity index is 624. The lowest BCUT2D eigenvalue weighted by atomic mass is 10.1. The number of rotatable bonds is 3. The van der Waals surface area contributed by atoms with E-state index >= 15 is 0 Å². The molecule has 1 saturated heterocycles. The lowest BCUT2D eigenvalue weighted by Gasteiger charge is -2.36. The van der Waals surface area contributed by atoms with Crippen LogP contribution < -0.4 is 0 Å². The van der Waals surface area contributed by atoms with Gasteiger partial charge in [0.15, 0.2) is 0 Å². The van der Waals surface area contributed by atoms with Crippen LogP contribution in [0.2, 0.25) is 0 Å². The van der Waals surface area contributed by atoms with Crippen LogP contribution >= 0.6 is 0 Å². The first-order valence-electron chi connectivity index (χ1n) is 7.47. The summed E-state index contributed by atoms with van der Waals surface area (Å²) in [5, 5.41) is 4.08. The van der Waals surface area contributed by atoms with E-state index < -0.39 is 0 Å². The van der Waals surface area contributed by atoms with Crippen LogP contribution in [0.3, 0.4) is 0 Å². The molecule has 1 fully saturated rings. The number of amides is 1. The molecule has 1 amide bonds. The van der Waals surface area contributed by atoms with Gasteiger partial charge in [-0.25, -0.2) is 9.67 Å². The minimum absolute atomic E-state index is 0.0648.